The van der Waals surface area contributed by atoms with Gasteiger partial charge in [0.15, 0.2) is 5.96 Å². The lowest BCUT2D eigenvalue weighted by atomic mass is 9.84. The van der Waals surface area contributed by atoms with Crippen LogP contribution in [0, 0.1) is 5.41 Å². The van der Waals surface area contributed by atoms with Gasteiger partial charge in [-0.25, -0.2) is 0 Å². The van der Waals surface area contributed by atoms with E-state index in [-0.39, 0.29) is 36.0 Å². The summed E-state index contributed by atoms with van der Waals surface area (Å²) < 4.78 is 10.5. The van der Waals surface area contributed by atoms with Crippen molar-refractivity contribution < 1.29 is 14.6 Å². The Balaban J connectivity index is 0.00000400. The first-order valence-electron chi connectivity index (χ1n) is 7.46. The van der Waals surface area contributed by atoms with Crippen LogP contribution >= 0.6 is 24.0 Å². The maximum absolute atomic E-state index is 9.21. The van der Waals surface area contributed by atoms with Crippen molar-refractivity contribution in [2.45, 2.75) is 26.2 Å². The maximum Gasteiger partial charge on any atom is 0.191 e. The number of rotatable bonds is 9. The van der Waals surface area contributed by atoms with Crippen LogP contribution in [-0.4, -0.2) is 64.2 Å². The van der Waals surface area contributed by atoms with Crippen molar-refractivity contribution in [1.29, 1.82) is 0 Å². The molecule has 1 rings (SSSR count). The predicted molar refractivity (Wildman–Crippen MR) is 95.5 cm³/mol. The molecule has 0 radical (unpaired) electrons. The fourth-order valence-electron chi connectivity index (χ4n) is 2.30. The van der Waals surface area contributed by atoms with Gasteiger partial charge < -0.3 is 25.2 Å². The van der Waals surface area contributed by atoms with Crippen molar-refractivity contribution in [2.24, 2.45) is 10.4 Å². The number of halogens is 1. The Morgan fingerprint density at radius 3 is 2.81 bits per heavy atom. The summed E-state index contributed by atoms with van der Waals surface area (Å²) in [4.78, 5) is 4.65. The zero-order chi connectivity index (χ0) is 14.7. The topological polar surface area (TPSA) is 75.1 Å². The highest BCUT2D eigenvalue weighted by Crippen LogP contribution is 2.32. The molecular formula is C14H30IN3O3. The molecule has 1 fully saturated rings. The molecule has 1 aliphatic rings. The largest absolute Gasteiger partial charge is 0.396 e. The second-order valence-corrected chi connectivity index (χ2v) is 5.24. The SMILES string of the molecule is CCNC(=NCC1(CCO)CCOC1)NCCCOC.I. The molecule has 0 spiro atoms. The summed E-state index contributed by atoms with van der Waals surface area (Å²) in [6.07, 6.45) is 2.67. The van der Waals surface area contributed by atoms with Gasteiger partial charge in [-0.05, 0) is 26.2 Å². The quantitative estimate of drug-likeness (QED) is 0.227. The number of nitrogens with zero attached hydrogens (tertiary/aromatic N) is 1. The van der Waals surface area contributed by atoms with Crippen LogP contribution in [-0.2, 0) is 9.47 Å². The first kappa shape index (κ1) is 20.9. The van der Waals surface area contributed by atoms with Gasteiger partial charge in [0.25, 0.3) is 0 Å². The number of nitrogens with one attached hydrogen (secondary N) is 2. The summed E-state index contributed by atoms with van der Waals surface area (Å²) in [6, 6.07) is 0. The number of aliphatic imine (C=N–C) groups is 1. The summed E-state index contributed by atoms with van der Waals surface area (Å²) in [5, 5.41) is 15.7. The molecule has 3 N–H and O–H groups in total. The standard InChI is InChI=1S/C14H29N3O3.HI/c1-3-15-13(16-7-4-9-19-2)17-11-14(5-8-18)6-10-20-12-14;/h18H,3-12H2,1-2H3,(H2,15,16,17);1H. The molecular weight excluding hydrogens is 385 g/mol. The Labute approximate surface area is 145 Å². The molecule has 1 atom stereocenters. The van der Waals surface area contributed by atoms with E-state index < -0.39 is 0 Å². The Morgan fingerprint density at radius 2 is 2.24 bits per heavy atom. The minimum Gasteiger partial charge on any atom is -0.396 e. The molecule has 0 saturated carbocycles. The highest BCUT2D eigenvalue weighted by atomic mass is 127. The molecule has 1 heterocycles. The molecule has 1 saturated heterocycles. The second-order valence-electron chi connectivity index (χ2n) is 5.24. The Kier molecular flexibility index (Phi) is 12.4. The lowest BCUT2D eigenvalue weighted by Crippen LogP contribution is -2.39. The molecule has 1 unspecified atom stereocenters. The third-order valence-electron chi connectivity index (χ3n) is 3.56. The number of guanidine groups is 1. The van der Waals surface area contributed by atoms with Gasteiger partial charge in [0.1, 0.15) is 0 Å². The third kappa shape index (κ3) is 8.18. The first-order chi connectivity index (χ1) is 9.76. The minimum absolute atomic E-state index is 0. The van der Waals surface area contributed by atoms with Gasteiger partial charge in [0.2, 0.25) is 0 Å². The van der Waals surface area contributed by atoms with E-state index in [1.165, 1.54) is 0 Å². The molecule has 0 aromatic heterocycles. The van der Waals surface area contributed by atoms with E-state index in [0.717, 1.165) is 51.5 Å². The van der Waals surface area contributed by atoms with Crippen LogP contribution in [0.1, 0.15) is 26.2 Å². The molecule has 7 heteroatoms. The molecule has 126 valence electrons. The maximum atomic E-state index is 9.21. The van der Waals surface area contributed by atoms with Crippen LogP contribution < -0.4 is 10.6 Å². The van der Waals surface area contributed by atoms with Crippen LogP contribution in [0.2, 0.25) is 0 Å². The average molecular weight is 415 g/mol. The Bertz CT molecular complexity index is 285. The molecule has 0 aromatic carbocycles. The number of methoxy groups -OCH3 is 1. The van der Waals surface area contributed by atoms with Crippen molar-refractivity contribution in [3.05, 3.63) is 0 Å². The molecule has 1 aliphatic heterocycles. The fourth-order valence-corrected chi connectivity index (χ4v) is 2.30. The summed E-state index contributed by atoms with van der Waals surface area (Å²) in [5.41, 5.74) is 0.00360. The second kappa shape index (κ2) is 12.4. The van der Waals surface area contributed by atoms with Crippen molar-refractivity contribution >= 4 is 29.9 Å². The smallest absolute Gasteiger partial charge is 0.191 e. The Morgan fingerprint density at radius 1 is 1.43 bits per heavy atom. The van der Waals surface area contributed by atoms with E-state index in [2.05, 4.69) is 22.5 Å². The van der Waals surface area contributed by atoms with Crippen molar-refractivity contribution in [2.75, 3.05) is 53.2 Å². The van der Waals surface area contributed by atoms with E-state index in [4.69, 9.17) is 9.47 Å². The summed E-state index contributed by atoms with van der Waals surface area (Å²) >= 11 is 0. The van der Waals surface area contributed by atoms with E-state index in [0.29, 0.717) is 13.2 Å². The molecule has 0 bridgehead atoms. The first-order valence-corrected chi connectivity index (χ1v) is 7.46. The van der Waals surface area contributed by atoms with Crippen molar-refractivity contribution in [3.8, 4) is 0 Å². The zero-order valence-electron chi connectivity index (χ0n) is 13.2. The minimum atomic E-state index is 0. The van der Waals surface area contributed by atoms with Crippen LogP contribution in [0.3, 0.4) is 0 Å². The van der Waals surface area contributed by atoms with Crippen LogP contribution in [0.4, 0.5) is 0 Å². The van der Waals surface area contributed by atoms with E-state index in [1.807, 2.05) is 0 Å². The van der Waals surface area contributed by atoms with Crippen LogP contribution in [0.5, 0.6) is 0 Å². The summed E-state index contributed by atoms with van der Waals surface area (Å²) in [5.74, 6) is 0.827. The number of aliphatic hydroxyl groups excluding tert-OH is 1. The summed E-state index contributed by atoms with van der Waals surface area (Å²) in [7, 11) is 1.71. The average Bonchev–Trinajstić information content (AvgIpc) is 2.90. The van der Waals surface area contributed by atoms with Gasteiger partial charge in [0, 0.05) is 45.4 Å². The van der Waals surface area contributed by atoms with Crippen molar-refractivity contribution in [1.82, 2.24) is 10.6 Å². The molecule has 0 aliphatic carbocycles. The number of hydrogen-bond donors (Lipinski definition) is 3. The number of hydrogen-bond acceptors (Lipinski definition) is 4. The van der Waals surface area contributed by atoms with Crippen LogP contribution in [0.15, 0.2) is 4.99 Å². The number of ether oxygens (including phenoxy) is 2. The van der Waals surface area contributed by atoms with Gasteiger partial charge in [-0.15, -0.1) is 24.0 Å². The van der Waals surface area contributed by atoms with E-state index >= 15 is 0 Å². The lowest BCUT2D eigenvalue weighted by Gasteiger charge is -2.24. The van der Waals surface area contributed by atoms with Gasteiger partial charge >= 0.3 is 0 Å². The normalized spacial score (nSPS) is 22.0. The highest BCUT2D eigenvalue weighted by Gasteiger charge is 2.34. The molecule has 6 nitrogen and oxygen atoms in total. The monoisotopic (exact) mass is 415 g/mol. The molecule has 0 amide bonds. The third-order valence-corrected chi connectivity index (χ3v) is 3.56. The molecule has 0 aromatic rings. The van der Waals surface area contributed by atoms with Crippen LogP contribution in [0.25, 0.3) is 0 Å². The predicted octanol–water partition coefficient (Wildman–Crippen LogP) is 0.985. The lowest BCUT2D eigenvalue weighted by molar-refractivity contribution is 0.131. The zero-order valence-corrected chi connectivity index (χ0v) is 15.5. The number of aliphatic hydroxyl groups is 1. The highest BCUT2D eigenvalue weighted by molar-refractivity contribution is 14.0. The molecule has 21 heavy (non-hydrogen) atoms. The van der Waals surface area contributed by atoms with Gasteiger partial charge in [-0.2, -0.15) is 0 Å². The van der Waals surface area contributed by atoms with E-state index in [9.17, 15) is 5.11 Å². The Hall–Kier alpha value is -0.120. The van der Waals surface area contributed by atoms with Gasteiger partial charge in [0.05, 0.1) is 13.2 Å². The van der Waals surface area contributed by atoms with Gasteiger partial charge in [-0.1, -0.05) is 0 Å². The van der Waals surface area contributed by atoms with Gasteiger partial charge in [-0.3, -0.25) is 4.99 Å². The van der Waals surface area contributed by atoms with E-state index in [1.54, 1.807) is 7.11 Å². The van der Waals surface area contributed by atoms with Crippen molar-refractivity contribution in [3.63, 3.8) is 0 Å². The summed E-state index contributed by atoms with van der Waals surface area (Å²) in [6.45, 7) is 6.81. The fraction of sp³-hybridized carbons (Fsp3) is 0.929.